The Morgan fingerprint density at radius 2 is 1.42 bits per heavy atom. The number of alkyl carbamates (subject to hydrolysis) is 1. The number of ether oxygens (including phenoxy) is 2. The number of Topliss-reactive ketones (excluding diaryl/α,β-unsaturated/α-hetero) is 1. The molecule has 1 aliphatic heterocycles. The molecule has 0 radical (unpaired) electrons. The van der Waals surface area contributed by atoms with E-state index in [1.54, 1.807) is 81.4 Å². The van der Waals surface area contributed by atoms with Crippen molar-refractivity contribution < 1.29 is 75.3 Å². The fourth-order valence-electron chi connectivity index (χ4n) is 7.13. The predicted molar refractivity (Wildman–Crippen MR) is 234 cm³/mol. The molecule has 0 spiro atoms. The number of ketones is 1. The zero-order valence-corrected chi connectivity index (χ0v) is 37.8. The summed E-state index contributed by atoms with van der Waals surface area (Å²) in [5.74, 6) is -19.4. The van der Waals surface area contributed by atoms with Crippen molar-refractivity contribution in [2.24, 2.45) is 11.7 Å². The molecule has 69 heavy (non-hydrogen) atoms. The highest BCUT2D eigenvalue weighted by Gasteiger charge is 2.44. The Balaban J connectivity index is 1.53. The van der Waals surface area contributed by atoms with Crippen molar-refractivity contribution in [3.05, 3.63) is 106 Å². The van der Waals surface area contributed by atoms with Gasteiger partial charge in [0, 0.05) is 19.5 Å². The second-order valence-corrected chi connectivity index (χ2v) is 16.3. The van der Waals surface area contributed by atoms with Crippen molar-refractivity contribution >= 4 is 53.3 Å². The third-order valence-electron chi connectivity index (χ3n) is 10.5. The summed E-state index contributed by atoms with van der Waals surface area (Å²) in [7, 11) is 0. The molecule has 1 fully saturated rings. The first-order valence-corrected chi connectivity index (χ1v) is 21.8. The van der Waals surface area contributed by atoms with E-state index in [-0.39, 0.29) is 57.8 Å². The average Bonchev–Trinajstić information content (AvgIpc) is 3.76. The van der Waals surface area contributed by atoms with Crippen LogP contribution in [0.1, 0.15) is 90.8 Å². The number of aromatic carboxylic acids is 1. The number of hydrogen-bond donors (Lipinski definition) is 7. The summed E-state index contributed by atoms with van der Waals surface area (Å²) >= 11 is 0. The smallest absolute Gasteiger partial charge is 0.407 e. The first kappa shape index (κ1) is 54.2. The second kappa shape index (κ2) is 25.6. The highest BCUT2D eigenvalue weighted by molar-refractivity contribution is 6.38. The molecule has 1 heterocycles. The van der Waals surface area contributed by atoms with Crippen molar-refractivity contribution in [2.45, 2.75) is 89.8 Å². The number of primary amides is 1. The highest BCUT2D eigenvalue weighted by Crippen LogP contribution is 2.26. The van der Waals surface area contributed by atoms with E-state index < -0.39 is 131 Å². The Morgan fingerprint density at radius 3 is 2.01 bits per heavy atom. The first-order valence-electron chi connectivity index (χ1n) is 21.8. The molecular weight excluding hydrogens is 919 g/mol. The number of carboxylic acids is 1. The van der Waals surface area contributed by atoms with Gasteiger partial charge in [-0.15, -0.1) is 0 Å². The van der Waals surface area contributed by atoms with Crippen molar-refractivity contribution in [3.63, 3.8) is 0 Å². The van der Waals surface area contributed by atoms with Crippen LogP contribution in [0.25, 0.3) is 0 Å². The number of nitrogens with one attached hydrogen (secondary N) is 5. The van der Waals surface area contributed by atoms with Gasteiger partial charge in [-0.2, -0.15) is 0 Å². The van der Waals surface area contributed by atoms with E-state index >= 15 is 0 Å². The second-order valence-electron chi connectivity index (χ2n) is 16.3. The number of carboxylic acid groups (broad SMARTS) is 1. The molecule has 1 aliphatic rings. The topological polar surface area (TPSA) is 282 Å². The minimum atomic E-state index is -2.45. The molecule has 3 aromatic carbocycles. The van der Waals surface area contributed by atoms with Crippen LogP contribution in [0.5, 0.6) is 0 Å². The molecule has 5 atom stereocenters. The number of likely N-dealkylation sites (tertiary alicyclic amines) is 1. The molecule has 7 amide bonds. The van der Waals surface area contributed by atoms with Gasteiger partial charge in [-0.25, -0.2) is 27.2 Å². The largest absolute Gasteiger partial charge is 0.478 e. The molecule has 0 aromatic heterocycles. The number of carbonyl (C=O) groups is 9. The van der Waals surface area contributed by atoms with E-state index in [0.717, 1.165) is 10.5 Å². The first-order chi connectivity index (χ1) is 32.7. The summed E-state index contributed by atoms with van der Waals surface area (Å²) in [4.78, 5) is 119. The number of nitrogens with zero attached hydrogens (tertiary/aromatic N) is 1. The average molecular weight is 972 g/mol. The van der Waals surface area contributed by atoms with Crippen LogP contribution in [0.15, 0.2) is 60.7 Å². The van der Waals surface area contributed by atoms with Crippen LogP contribution in [-0.2, 0) is 44.8 Å². The van der Waals surface area contributed by atoms with Crippen LogP contribution in [0.2, 0.25) is 0 Å². The number of halogens is 4. The van der Waals surface area contributed by atoms with Gasteiger partial charge in [-0.05, 0) is 36.3 Å². The van der Waals surface area contributed by atoms with E-state index in [1.807, 2.05) is 0 Å². The number of rotatable bonds is 24. The van der Waals surface area contributed by atoms with Crippen LogP contribution in [0, 0.1) is 29.2 Å². The molecule has 372 valence electrons. The lowest BCUT2D eigenvalue weighted by Crippen LogP contribution is -2.56. The maximum absolute atomic E-state index is 14.6. The lowest BCUT2D eigenvalue weighted by atomic mass is 10.0. The summed E-state index contributed by atoms with van der Waals surface area (Å²) in [6.07, 6.45) is -2.43. The maximum atomic E-state index is 14.6. The molecule has 3 aromatic rings. The number of carbonyl (C=O) groups excluding carboxylic acids is 8. The quantitative estimate of drug-likeness (QED) is 0.0224. The third kappa shape index (κ3) is 15.0. The Morgan fingerprint density at radius 1 is 0.797 bits per heavy atom. The molecular formula is C46H53F4N7O12. The Kier molecular flexibility index (Phi) is 20.1. The zero-order valence-electron chi connectivity index (χ0n) is 37.8. The van der Waals surface area contributed by atoms with Gasteiger partial charge in [0.25, 0.3) is 11.8 Å². The van der Waals surface area contributed by atoms with Crippen LogP contribution in [0.4, 0.5) is 22.4 Å². The monoisotopic (exact) mass is 971 g/mol. The standard InChI is InChI=1S/C46H53F4N7O12/c1-4-12-28(39(59)43(63)53-20-31(58)56-38(40(51)60)26-15-9-6-10-16-26)54-41(61)30-19-27(68-23-25-13-7-5-8-14-25)21-57(30)44(64)29(55-46(67)69-22-24(2)3)17-11-18-52-42(62)32-33(45(65)66)35(48)37(50)36(49)34(32)47/h5-10,13-16,24,27-30,38H,4,11-12,17-23H2,1-3H3,(H2,51,60)(H,52,62)(H,53,63)(H,54,61)(H,55,67)(H,56,58)(H,65,66)/t27-,28?,29?,30+,38+/m1/s1. The number of benzene rings is 3. The fourth-order valence-corrected chi connectivity index (χ4v) is 7.13. The molecule has 0 aliphatic carbocycles. The molecule has 23 heteroatoms. The Labute approximate surface area is 393 Å². The summed E-state index contributed by atoms with van der Waals surface area (Å²) in [6, 6.07) is 11.3. The van der Waals surface area contributed by atoms with Crippen molar-refractivity contribution in [1.82, 2.24) is 31.5 Å². The molecule has 8 N–H and O–H groups in total. The van der Waals surface area contributed by atoms with E-state index in [9.17, 15) is 65.8 Å². The minimum absolute atomic E-state index is 0.0487. The fraction of sp³-hybridized carbons (Fsp3) is 0.413. The lowest BCUT2D eigenvalue weighted by Gasteiger charge is -2.29. The summed E-state index contributed by atoms with van der Waals surface area (Å²) in [5, 5.41) is 20.9. The van der Waals surface area contributed by atoms with Crippen molar-refractivity contribution in [2.75, 3.05) is 26.2 Å². The van der Waals surface area contributed by atoms with Gasteiger partial charge in [0.05, 0.1) is 37.5 Å². The van der Waals surface area contributed by atoms with E-state index in [4.69, 9.17) is 15.2 Å². The summed E-state index contributed by atoms with van der Waals surface area (Å²) < 4.78 is 68.2. The highest BCUT2D eigenvalue weighted by atomic mass is 19.2. The Bertz CT molecular complexity index is 2380. The van der Waals surface area contributed by atoms with E-state index in [1.165, 1.54) is 0 Å². The SMILES string of the molecule is CCCC(NC(=O)[C@@H]1C[C@@H](OCc2ccccc2)CN1C(=O)C(CCCNC(=O)c1c(F)c(F)c(F)c(F)c1C(=O)O)NC(=O)OCC(C)C)C(=O)C(=O)NCC(=O)N[C@H](C(N)=O)c1ccccc1. The van der Waals surface area contributed by atoms with Gasteiger partial charge in [-0.1, -0.05) is 87.9 Å². The molecule has 0 saturated carbocycles. The van der Waals surface area contributed by atoms with Crippen LogP contribution in [0.3, 0.4) is 0 Å². The minimum Gasteiger partial charge on any atom is -0.478 e. The van der Waals surface area contributed by atoms with Gasteiger partial charge in [0.1, 0.15) is 23.7 Å². The maximum Gasteiger partial charge on any atom is 0.407 e. The Hall–Kier alpha value is -7.43. The van der Waals surface area contributed by atoms with Crippen molar-refractivity contribution in [1.29, 1.82) is 0 Å². The van der Waals surface area contributed by atoms with Gasteiger partial charge in [0.2, 0.25) is 29.4 Å². The van der Waals surface area contributed by atoms with Crippen LogP contribution >= 0.6 is 0 Å². The summed E-state index contributed by atoms with van der Waals surface area (Å²) in [5.41, 5.74) is 3.18. The van der Waals surface area contributed by atoms with Crippen molar-refractivity contribution in [3.8, 4) is 0 Å². The van der Waals surface area contributed by atoms with E-state index in [0.29, 0.717) is 5.56 Å². The number of amides is 7. The van der Waals surface area contributed by atoms with Gasteiger partial charge in [0.15, 0.2) is 23.3 Å². The number of hydrogen-bond acceptors (Lipinski definition) is 11. The summed E-state index contributed by atoms with van der Waals surface area (Å²) in [6.45, 7) is 3.60. The third-order valence-corrected chi connectivity index (χ3v) is 10.5. The molecule has 4 rings (SSSR count). The normalized spacial score (nSPS) is 15.6. The lowest BCUT2D eigenvalue weighted by molar-refractivity contribution is -0.143. The van der Waals surface area contributed by atoms with Gasteiger partial charge in [-0.3, -0.25) is 33.6 Å². The van der Waals surface area contributed by atoms with Crippen LogP contribution in [-0.4, -0.2) is 114 Å². The number of nitrogens with two attached hydrogens (primary N) is 1. The molecule has 0 bridgehead atoms. The predicted octanol–water partition coefficient (Wildman–Crippen LogP) is 2.70. The van der Waals surface area contributed by atoms with Gasteiger partial charge < -0.3 is 51.8 Å². The molecule has 2 unspecified atom stereocenters. The van der Waals surface area contributed by atoms with Gasteiger partial charge >= 0.3 is 12.1 Å². The van der Waals surface area contributed by atoms with Crippen LogP contribution < -0.4 is 32.3 Å². The zero-order chi connectivity index (χ0) is 50.9. The molecule has 19 nitrogen and oxygen atoms in total. The van der Waals surface area contributed by atoms with E-state index in [2.05, 4.69) is 26.6 Å². The molecule has 1 saturated heterocycles.